The molecule has 17 heavy (non-hydrogen) atoms. The Hall–Kier alpha value is -0.330. The highest BCUT2D eigenvalue weighted by Crippen LogP contribution is 2.22. The molecular formula is C11H20F3NO2. The minimum atomic E-state index is -4.20. The van der Waals surface area contributed by atoms with Crippen molar-refractivity contribution < 1.29 is 23.0 Å². The second-order valence-electron chi connectivity index (χ2n) is 4.83. The van der Waals surface area contributed by atoms with Crippen LogP contribution in [0.3, 0.4) is 0 Å². The van der Waals surface area contributed by atoms with E-state index in [-0.39, 0.29) is 18.5 Å². The average molecular weight is 255 g/mol. The number of alkyl halides is 3. The first-order valence-electron chi connectivity index (χ1n) is 5.86. The molecule has 0 bridgehead atoms. The number of ether oxygens (including phenoxy) is 1. The first kappa shape index (κ1) is 14.7. The third-order valence-corrected chi connectivity index (χ3v) is 3.02. The molecule has 0 aromatic heterocycles. The summed E-state index contributed by atoms with van der Waals surface area (Å²) in [5, 5.41) is 9.71. The Balaban J connectivity index is 2.53. The van der Waals surface area contributed by atoms with Crippen LogP contribution in [0.4, 0.5) is 13.2 Å². The minimum absolute atomic E-state index is 0.203. The van der Waals surface area contributed by atoms with Crippen LogP contribution >= 0.6 is 0 Å². The first-order valence-corrected chi connectivity index (χ1v) is 5.86. The SMILES string of the molecule is CC(C)N(CC1COCCC1O)CC(F)(F)F. The van der Waals surface area contributed by atoms with E-state index < -0.39 is 18.8 Å². The van der Waals surface area contributed by atoms with Crippen LogP contribution in [0, 0.1) is 5.92 Å². The quantitative estimate of drug-likeness (QED) is 0.829. The van der Waals surface area contributed by atoms with Gasteiger partial charge in [-0.05, 0) is 20.3 Å². The van der Waals surface area contributed by atoms with Crippen molar-refractivity contribution in [3.05, 3.63) is 0 Å². The molecule has 2 unspecified atom stereocenters. The van der Waals surface area contributed by atoms with Gasteiger partial charge in [0.15, 0.2) is 0 Å². The summed E-state index contributed by atoms with van der Waals surface area (Å²) in [6.07, 6.45) is -4.26. The topological polar surface area (TPSA) is 32.7 Å². The predicted octanol–water partition coefficient (Wildman–Crippen LogP) is 1.66. The molecule has 0 aromatic rings. The van der Waals surface area contributed by atoms with Gasteiger partial charge in [0.1, 0.15) is 0 Å². The summed E-state index contributed by atoms with van der Waals surface area (Å²) in [5.41, 5.74) is 0. The molecule has 1 aliphatic heterocycles. The van der Waals surface area contributed by atoms with E-state index in [0.717, 1.165) is 0 Å². The van der Waals surface area contributed by atoms with Crippen molar-refractivity contribution in [3.63, 3.8) is 0 Å². The molecule has 0 amide bonds. The van der Waals surface area contributed by atoms with Crippen LogP contribution in [-0.2, 0) is 4.74 Å². The normalized spacial score (nSPS) is 26.8. The number of nitrogens with zero attached hydrogens (tertiary/aromatic N) is 1. The van der Waals surface area contributed by atoms with Gasteiger partial charge in [-0.2, -0.15) is 13.2 Å². The Morgan fingerprint density at radius 2 is 2.06 bits per heavy atom. The van der Waals surface area contributed by atoms with E-state index in [1.165, 1.54) is 4.90 Å². The molecule has 1 aliphatic rings. The maximum absolute atomic E-state index is 12.4. The van der Waals surface area contributed by atoms with Crippen LogP contribution in [0.1, 0.15) is 20.3 Å². The number of hydrogen-bond donors (Lipinski definition) is 1. The molecule has 1 fully saturated rings. The second kappa shape index (κ2) is 6.02. The number of aliphatic hydroxyl groups excluding tert-OH is 1. The lowest BCUT2D eigenvalue weighted by molar-refractivity contribution is -0.155. The fourth-order valence-electron chi connectivity index (χ4n) is 1.95. The van der Waals surface area contributed by atoms with E-state index in [9.17, 15) is 18.3 Å². The molecule has 0 aromatic carbocycles. The predicted molar refractivity (Wildman–Crippen MR) is 57.7 cm³/mol. The lowest BCUT2D eigenvalue weighted by Crippen LogP contribution is -2.46. The molecule has 2 atom stereocenters. The summed E-state index contributed by atoms with van der Waals surface area (Å²) in [5.74, 6) is -0.228. The fourth-order valence-corrected chi connectivity index (χ4v) is 1.95. The third kappa shape index (κ3) is 5.23. The number of halogens is 3. The van der Waals surface area contributed by atoms with Gasteiger partial charge in [0.2, 0.25) is 0 Å². The van der Waals surface area contributed by atoms with Gasteiger partial charge in [0.25, 0.3) is 0 Å². The highest BCUT2D eigenvalue weighted by atomic mass is 19.4. The van der Waals surface area contributed by atoms with E-state index in [1.54, 1.807) is 13.8 Å². The van der Waals surface area contributed by atoms with Gasteiger partial charge in [-0.1, -0.05) is 0 Å². The standard InChI is InChI=1S/C11H20F3NO2/c1-8(2)15(7-11(12,13)14)5-9-6-17-4-3-10(9)16/h8-10,16H,3-7H2,1-2H3. The maximum Gasteiger partial charge on any atom is 0.401 e. The first-order chi connectivity index (χ1) is 7.79. The van der Waals surface area contributed by atoms with E-state index in [4.69, 9.17) is 4.74 Å². The molecule has 0 spiro atoms. The van der Waals surface area contributed by atoms with Crippen molar-refractivity contribution in [3.8, 4) is 0 Å². The zero-order valence-electron chi connectivity index (χ0n) is 10.2. The van der Waals surface area contributed by atoms with Crippen molar-refractivity contribution >= 4 is 0 Å². The molecule has 1 heterocycles. The molecule has 1 saturated heterocycles. The van der Waals surface area contributed by atoms with Crippen LogP contribution in [0.25, 0.3) is 0 Å². The van der Waals surface area contributed by atoms with Crippen LogP contribution in [-0.4, -0.2) is 54.6 Å². The molecule has 0 radical (unpaired) electrons. The van der Waals surface area contributed by atoms with E-state index in [1.807, 2.05) is 0 Å². The Bertz CT molecular complexity index is 233. The monoisotopic (exact) mass is 255 g/mol. The highest BCUT2D eigenvalue weighted by Gasteiger charge is 2.34. The summed E-state index contributed by atoms with van der Waals surface area (Å²) in [6, 6.07) is -0.203. The Morgan fingerprint density at radius 3 is 2.53 bits per heavy atom. The van der Waals surface area contributed by atoms with Crippen LogP contribution in [0.2, 0.25) is 0 Å². The molecule has 1 rings (SSSR count). The Morgan fingerprint density at radius 1 is 1.41 bits per heavy atom. The zero-order chi connectivity index (χ0) is 13.1. The van der Waals surface area contributed by atoms with Gasteiger partial charge in [0.05, 0.1) is 19.3 Å². The molecule has 0 aliphatic carbocycles. The van der Waals surface area contributed by atoms with E-state index in [0.29, 0.717) is 19.6 Å². The second-order valence-corrected chi connectivity index (χ2v) is 4.83. The van der Waals surface area contributed by atoms with Crippen molar-refractivity contribution in [1.29, 1.82) is 0 Å². The van der Waals surface area contributed by atoms with Crippen molar-refractivity contribution in [2.45, 2.75) is 38.6 Å². The summed E-state index contributed by atoms with van der Waals surface area (Å²) in [7, 11) is 0. The summed E-state index contributed by atoms with van der Waals surface area (Å²) in [4.78, 5) is 1.34. The molecule has 102 valence electrons. The number of hydrogen-bond acceptors (Lipinski definition) is 3. The fraction of sp³-hybridized carbons (Fsp3) is 1.00. The molecule has 6 heteroatoms. The zero-order valence-corrected chi connectivity index (χ0v) is 10.2. The molecule has 1 N–H and O–H groups in total. The maximum atomic E-state index is 12.4. The molecule has 3 nitrogen and oxygen atoms in total. The number of rotatable bonds is 4. The lowest BCUT2D eigenvalue weighted by Gasteiger charge is -2.35. The minimum Gasteiger partial charge on any atom is -0.393 e. The lowest BCUT2D eigenvalue weighted by atomic mass is 9.97. The summed E-state index contributed by atoms with van der Waals surface area (Å²) in [6.45, 7) is 3.55. The van der Waals surface area contributed by atoms with Crippen molar-refractivity contribution in [1.82, 2.24) is 4.90 Å². The summed E-state index contributed by atoms with van der Waals surface area (Å²) < 4.78 is 42.3. The van der Waals surface area contributed by atoms with Crippen LogP contribution in [0.15, 0.2) is 0 Å². The van der Waals surface area contributed by atoms with Gasteiger partial charge in [-0.25, -0.2) is 0 Å². The molecular weight excluding hydrogens is 235 g/mol. The van der Waals surface area contributed by atoms with Crippen molar-refractivity contribution in [2.75, 3.05) is 26.3 Å². The van der Waals surface area contributed by atoms with Gasteiger partial charge < -0.3 is 9.84 Å². The van der Waals surface area contributed by atoms with Gasteiger partial charge in [0, 0.05) is 25.1 Å². The Kier molecular flexibility index (Phi) is 5.22. The third-order valence-electron chi connectivity index (χ3n) is 3.02. The van der Waals surface area contributed by atoms with Crippen LogP contribution < -0.4 is 0 Å². The van der Waals surface area contributed by atoms with Gasteiger partial charge >= 0.3 is 6.18 Å². The smallest absolute Gasteiger partial charge is 0.393 e. The average Bonchev–Trinajstić information content (AvgIpc) is 2.18. The Labute approximate surface area is 99.5 Å². The number of aliphatic hydroxyl groups is 1. The van der Waals surface area contributed by atoms with E-state index in [2.05, 4.69) is 0 Å². The van der Waals surface area contributed by atoms with Gasteiger partial charge in [-0.15, -0.1) is 0 Å². The molecule has 0 saturated carbocycles. The summed E-state index contributed by atoms with van der Waals surface area (Å²) >= 11 is 0. The van der Waals surface area contributed by atoms with Gasteiger partial charge in [-0.3, -0.25) is 4.90 Å². The van der Waals surface area contributed by atoms with Crippen molar-refractivity contribution in [2.24, 2.45) is 5.92 Å². The van der Waals surface area contributed by atoms with Crippen LogP contribution in [0.5, 0.6) is 0 Å². The van der Waals surface area contributed by atoms with E-state index >= 15 is 0 Å². The largest absolute Gasteiger partial charge is 0.401 e. The highest BCUT2D eigenvalue weighted by molar-refractivity contribution is 4.78.